The van der Waals surface area contributed by atoms with Gasteiger partial charge in [-0.05, 0) is 0 Å². The third-order valence-corrected chi connectivity index (χ3v) is 0.911. The number of aliphatic hydroxyl groups is 1. The molecule has 0 fully saturated rings. The number of ether oxygens (including phenoxy) is 1. The van der Waals surface area contributed by atoms with Crippen molar-refractivity contribution in [2.24, 2.45) is 0 Å². The minimum absolute atomic E-state index is 0.00203. The summed E-state index contributed by atoms with van der Waals surface area (Å²) in [7, 11) is 0. The van der Waals surface area contributed by atoms with E-state index in [1.165, 1.54) is 0 Å². The quantitative estimate of drug-likeness (QED) is 0.377. The first-order chi connectivity index (χ1) is 4.68. The Hall–Kier alpha value is -0.540. The zero-order valence-corrected chi connectivity index (χ0v) is 6.23. The lowest BCUT2D eigenvalue weighted by Crippen LogP contribution is -2.05. The Morgan fingerprint density at radius 2 is 2.30 bits per heavy atom. The second kappa shape index (κ2) is 5.26. The zero-order valence-electron chi connectivity index (χ0n) is 5.47. The third kappa shape index (κ3) is 4.35. The molecule has 0 heterocycles. The molecule has 10 heavy (non-hydrogen) atoms. The number of hydrogen-bond acceptors (Lipinski definition) is 3. The Morgan fingerprint density at radius 1 is 1.70 bits per heavy atom. The maximum absolute atomic E-state index is 10.5. The van der Waals surface area contributed by atoms with Crippen LogP contribution in [0.5, 0.6) is 0 Å². The normalized spacial score (nSPS) is 9.00. The molecule has 0 aliphatic rings. The van der Waals surface area contributed by atoms with Gasteiger partial charge in [0.15, 0.2) is 0 Å². The molecular weight excluding hydrogens is 156 g/mol. The second-order valence-electron chi connectivity index (χ2n) is 1.62. The monoisotopic (exact) mass is 164 g/mol. The number of hydrogen-bond donors (Lipinski definition) is 1. The standard InChI is InChI=1S/C6H9ClO3/c1-5(7)6(9)10-4-2-3-8/h8H,1-4H2. The third-order valence-electron chi connectivity index (χ3n) is 0.757. The van der Waals surface area contributed by atoms with Gasteiger partial charge in [-0.3, -0.25) is 0 Å². The van der Waals surface area contributed by atoms with Crippen molar-refractivity contribution in [3.05, 3.63) is 11.6 Å². The molecule has 0 aromatic carbocycles. The van der Waals surface area contributed by atoms with Crippen LogP contribution in [0.3, 0.4) is 0 Å². The molecule has 0 saturated heterocycles. The molecule has 0 bridgehead atoms. The fourth-order valence-electron chi connectivity index (χ4n) is 0.308. The number of rotatable bonds is 4. The molecule has 1 N–H and O–H groups in total. The van der Waals surface area contributed by atoms with Crippen LogP contribution in [0.15, 0.2) is 11.6 Å². The van der Waals surface area contributed by atoms with Crippen molar-refractivity contribution >= 4 is 17.6 Å². The molecule has 4 heteroatoms. The maximum Gasteiger partial charge on any atom is 0.349 e. The molecule has 0 atom stereocenters. The van der Waals surface area contributed by atoms with E-state index in [0.717, 1.165) is 0 Å². The van der Waals surface area contributed by atoms with Gasteiger partial charge in [0.1, 0.15) is 5.03 Å². The number of carbonyl (C=O) groups excluding carboxylic acids is 1. The second-order valence-corrected chi connectivity index (χ2v) is 2.07. The van der Waals surface area contributed by atoms with E-state index in [-0.39, 0.29) is 18.2 Å². The van der Waals surface area contributed by atoms with Crippen LogP contribution in [0, 0.1) is 0 Å². The Labute approximate surface area is 64.2 Å². The summed E-state index contributed by atoms with van der Waals surface area (Å²) >= 11 is 5.18. The summed E-state index contributed by atoms with van der Waals surface area (Å²) in [6.45, 7) is 3.35. The van der Waals surface area contributed by atoms with Crippen LogP contribution in [0.1, 0.15) is 6.42 Å². The van der Waals surface area contributed by atoms with Crippen LogP contribution in [0.4, 0.5) is 0 Å². The molecule has 0 amide bonds. The average molecular weight is 165 g/mol. The van der Waals surface area contributed by atoms with E-state index < -0.39 is 5.97 Å². The summed E-state index contributed by atoms with van der Waals surface area (Å²) in [6, 6.07) is 0. The molecule has 0 aliphatic carbocycles. The van der Waals surface area contributed by atoms with Gasteiger partial charge >= 0.3 is 5.97 Å². The van der Waals surface area contributed by atoms with E-state index in [4.69, 9.17) is 16.7 Å². The number of aliphatic hydroxyl groups excluding tert-OH is 1. The van der Waals surface area contributed by atoms with Gasteiger partial charge in [-0.25, -0.2) is 4.79 Å². The van der Waals surface area contributed by atoms with E-state index in [1.807, 2.05) is 0 Å². The molecule has 0 rings (SSSR count). The minimum Gasteiger partial charge on any atom is -0.461 e. The number of carbonyl (C=O) groups is 1. The van der Waals surface area contributed by atoms with Gasteiger partial charge in [0.25, 0.3) is 0 Å². The molecule has 0 aliphatic heterocycles. The summed E-state index contributed by atoms with van der Waals surface area (Å²) < 4.78 is 4.51. The average Bonchev–Trinajstić information content (AvgIpc) is 1.88. The molecule has 0 unspecified atom stereocenters. The van der Waals surface area contributed by atoms with Crippen molar-refractivity contribution in [1.29, 1.82) is 0 Å². The van der Waals surface area contributed by atoms with E-state index in [0.29, 0.717) is 6.42 Å². The predicted octanol–water partition coefficient (Wildman–Crippen LogP) is 0.664. The highest BCUT2D eigenvalue weighted by Gasteiger charge is 2.02. The van der Waals surface area contributed by atoms with Crippen LogP contribution >= 0.6 is 11.6 Å². The fraction of sp³-hybridized carbons (Fsp3) is 0.500. The molecule has 3 nitrogen and oxygen atoms in total. The lowest BCUT2D eigenvalue weighted by atomic mass is 10.5. The molecule has 58 valence electrons. The van der Waals surface area contributed by atoms with Crippen molar-refractivity contribution in [1.82, 2.24) is 0 Å². The maximum atomic E-state index is 10.5. The van der Waals surface area contributed by atoms with Crippen LogP contribution < -0.4 is 0 Å². The summed E-state index contributed by atoms with van der Waals surface area (Å²) in [5.41, 5.74) is 0. The first-order valence-electron chi connectivity index (χ1n) is 2.81. The molecule has 0 saturated carbocycles. The zero-order chi connectivity index (χ0) is 7.98. The Balaban J connectivity index is 3.31. The van der Waals surface area contributed by atoms with Crippen LogP contribution in [0.25, 0.3) is 0 Å². The highest BCUT2D eigenvalue weighted by atomic mass is 35.5. The van der Waals surface area contributed by atoms with Crippen LogP contribution in [0.2, 0.25) is 0 Å². The number of halogens is 1. The van der Waals surface area contributed by atoms with Gasteiger partial charge in [-0.1, -0.05) is 18.2 Å². The molecular formula is C6H9ClO3. The van der Waals surface area contributed by atoms with E-state index in [1.54, 1.807) is 0 Å². The highest BCUT2D eigenvalue weighted by molar-refractivity contribution is 6.40. The Morgan fingerprint density at radius 3 is 2.70 bits per heavy atom. The fourth-order valence-corrected chi connectivity index (χ4v) is 0.362. The van der Waals surface area contributed by atoms with Crippen molar-refractivity contribution in [2.75, 3.05) is 13.2 Å². The van der Waals surface area contributed by atoms with Gasteiger partial charge in [0.05, 0.1) is 6.61 Å². The van der Waals surface area contributed by atoms with Gasteiger partial charge in [-0.15, -0.1) is 0 Å². The largest absolute Gasteiger partial charge is 0.461 e. The van der Waals surface area contributed by atoms with Crippen molar-refractivity contribution in [3.8, 4) is 0 Å². The topological polar surface area (TPSA) is 46.5 Å². The SMILES string of the molecule is C=C(Cl)C(=O)OCCCO. The van der Waals surface area contributed by atoms with Crippen LogP contribution in [-0.2, 0) is 9.53 Å². The lowest BCUT2D eigenvalue weighted by Gasteiger charge is -1.99. The van der Waals surface area contributed by atoms with Gasteiger partial charge < -0.3 is 9.84 Å². The van der Waals surface area contributed by atoms with Crippen molar-refractivity contribution in [3.63, 3.8) is 0 Å². The van der Waals surface area contributed by atoms with E-state index in [9.17, 15) is 4.79 Å². The summed E-state index contributed by atoms with van der Waals surface area (Å²) in [5.74, 6) is -0.630. The Kier molecular flexibility index (Phi) is 4.98. The van der Waals surface area contributed by atoms with Gasteiger partial charge in [0, 0.05) is 13.0 Å². The van der Waals surface area contributed by atoms with Crippen LogP contribution in [-0.4, -0.2) is 24.3 Å². The molecule has 0 spiro atoms. The summed E-state index contributed by atoms with van der Waals surface area (Å²) in [4.78, 5) is 10.5. The number of esters is 1. The van der Waals surface area contributed by atoms with E-state index >= 15 is 0 Å². The summed E-state index contributed by atoms with van der Waals surface area (Å²) in [6.07, 6.45) is 0.426. The molecule has 0 aromatic rings. The predicted molar refractivity (Wildman–Crippen MR) is 37.7 cm³/mol. The van der Waals surface area contributed by atoms with Crippen molar-refractivity contribution in [2.45, 2.75) is 6.42 Å². The molecule has 0 radical (unpaired) electrons. The minimum atomic E-state index is -0.630. The Bertz CT molecular complexity index is 133. The molecule has 0 aromatic heterocycles. The van der Waals surface area contributed by atoms with E-state index in [2.05, 4.69) is 11.3 Å². The van der Waals surface area contributed by atoms with Crippen molar-refractivity contribution < 1.29 is 14.6 Å². The highest BCUT2D eigenvalue weighted by Crippen LogP contribution is 1.99. The first-order valence-corrected chi connectivity index (χ1v) is 3.18. The summed E-state index contributed by atoms with van der Waals surface area (Å²) in [5, 5.41) is 8.13. The lowest BCUT2D eigenvalue weighted by molar-refractivity contribution is -0.138. The van der Waals surface area contributed by atoms with Gasteiger partial charge in [0.2, 0.25) is 0 Å². The first kappa shape index (κ1) is 9.46. The smallest absolute Gasteiger partial charge is 0.349 e. The van der Waals surface area contributed by atoms with Gasteiger partial charge in [-0.2, -0.15) is 0 Å².